The molecule has 1 N–H and O–H groups in total. The fourth-order valence-corrected chi connectivity index (χ4v) is 9.87. The van der Waals surface area contributed by atoms with E-state index in [2.05, 4.69) is 8.37 Å². The van der Waals surface area contributed by atoms with Crippen molar-refractivity contribution in [3.63, 3.8) is 0 Å². The molecule has 2 heterocycles. The van der Waals surface area contributed by atoms with E-state index in [-0.39, 0.29) is 12.1 Å². The maximum absolute atomic E-state index is 16.3. The number of alkyl halides is 6. The van der Waals surface area contributed by atoms with Crippen LogP contribution in [0.3, 0.4) is 0 Å². The highest BCUT2D eigenvalue weighted by molar-refractivity contribution is 7.88. The molecule has 23 heteroatoms. The van der Waals surface area contributed by atoms with E-state index in [0.29, 0.717) is 6.07 Å². The van der Waals surface area contributed by atoms with Crippen LogP contribution in [0.15, 0.2) is 30.3 Å². The number of hydrogen-bond acceptors (Lipinski definition) is 9. The van der Waals surface area contributed by atoms with Crippen LogP contribution in [-0.4, -0.2) is 53.0 Å². The number of halogens is 10. The molecule has 0 radical (unpaired) electrons. The lowest BCUT2D eigenvalue weighted by molar-refractivity contribution is -0.0506. The van der Waals surface area contributed by atoms with Gasteiger partial charge in [0.15, 0.2) is 28.9 Å². The number of rotatable bonds is 5. The summed E-state index contributed by atoms with van der Waals surface area (Å²) in [7, 11) is -18.2. The molecule has 10 nitrogen and oxygen atoms in total. The first-order valence-electron chi connectivity index (χ1n) is 12.4. The highest BCUT2D eigenvalue weighted by Gasteiger charge is 2.60. The van der Waals surface area contributed by atoms with Gasteiger partial charge in [0.1, 0.15) is 8.07 Å². The second-order valence-corrected chi connectivity index (χ2v) is 17.9. The summed E-state index contributed by atoms with van der Waals surface area (Å²) >= 11 is 0. The molecule has 0 aliphatic carbocycles. The predicted octanol–water partition coefficient (Wildman–Crippen LogP) is 4.00. The van der Waals surface area contributed by atoms with Crippen molar-refractivity contribution in [1.29, 1.82) is 0 Å². The van der Waals surface area contributed by atoms with Crippen LogP contribution in [0.1, 0.15) is 37.4 Å². The smallest absolute Gasteiger partial charge is 0.478 e. The molecule has 5 rings (SSSR count). The molecule has 0 atom stereocenters. The van der Waals surface area contributed by atoms with Gasteiger partial charge >= 0.3 is 43.2 Å². The van der Waals surface area contributed by atoms with E-state index < -0.39 is 130 Å². The number of carboxylic acid groups (broad SMARTS) is 1. The average molecular weight is 755 g/mol. The first kappa shape index (κ1) is 34.9. The Hall–Kier alpha value is -4.38. The molecular weight excluding hydrogens is 742 g/mol. The normalized spacial score (nSPS) is 16.5. The Balaban J connectivity index is 1.95. The fraction of sp³-hybridized carbons (Fsp3) is 0.200. The quantitative estimate of drug-likeness (QED) is 0.133. The minimum Gasteiger partial charge on any atom is -0.478 e. The summed E-state index contributed by atoms with van der Waals surface area (Å²) in [6, 6.07) is 2.51. The third kappa shape index (κ3) is 4.80. The highest BCUT2D eigenvalue weighted by atomic mass is 32.2. The summed E-state index contributed by atoms with van der Waals surface area (Å²) in [5.41, 5.74) is -19.2. The van der Waals surface area contributed by atoms with Crippen molar-refractivity contribution in [3.8, 4) is 11.5 Å². The molecule has 258 valence electrons. The second-order valence-electron chi connectivity index (χ2n) is 10.6. The minimum atomic E-state index is -6.80. The van der Waals surface area contributed by atoms with Crippen LogP contribution in [0.2, 0.25) is 13.1 Å². The topological polar surface area (TPSA) is 150 Å². The van der Waals surface area contributed by atoms with Crippen molar-refractivity contribution in [2.75, 3.05) is 0 Å². The van der Waals surface area contributed by atoms with Gasteiger partial charge in [0.05, 0.1) is 11.1 Å². The third-order valence-electron chi connectivity index (χ3n) is 7.43. The molecule has 1 spiro atoms. The summed E-state index contributed by atoms with van der Waals surface area (Å²) in [4.78, 5) is 24.7. The molecule has 3 aromatic carbocycles. The zero-order valence-electron chi connectivity index (χ0n) is 23.1. The van der Waals surface area contributed by atoms with Gasteiger partial charge in [-0.2, -0.15) is 43.2 Å². The van der Waals surface area contributed by atoms with E-state index in [1.165, 1.54) is 0 Å². The number of ether oxygens (including phenoxy) is 1. The van der Waals surface area contributed by atoms with E-state index in [4.69, 9.17) is 4.74 Å². The zero-order valence-corrected chi connectivity index (χ0v) is 25.7. The van der Waals surface area contributed by atoms with E-state index in [0.717, 1.165) is 25.2 Å². The Morgan fingerprint density at radius 3 is 1.56 bits per heavy atom. The van der Waals surface area contributed by atoms with E-state index in [1.807, 2.05) is 0 Å². The van der Waals surface area contributed by atoms with Gasteiger partial charge in [-0.3, -0.25) is 0 Å². The number of fused-ring (bicyclic) bond motifs is 6. The van der Waals surface area contributed by atoms with Crippen molar-refractivity contribution in [3.05, 3.63) is 81.4 Å². The highest BCUT2D eigenvalue weighted by Crippen LogP contribution is 2.51. The molecule has 0 amide bonds. The predicted molar refractivity (Wildman–Crippen MR) is 139 cm³/mol. The van der Waals surface area contributed by atoms with Crippen LogP contribution < -0.4 is 18.7 Å². The summed E-state index contributed by atoms with van der Waals surface area (Å²) in [5, 5.41) is 7.15. The van der Waals surface area contributed by atoms with Crippen molar-refractivity contribution in [2.45, 2.75) is 29.7 Å². The molecule has 3 aromatic rings. The van der Waals surface area contributed by atoms with Gasteiger partial charge in [0.2, 0.25) is 11.5 Å². The molecule has 0 unspecified atom stereocenters. The molecule has 2 aliphatic heterocycles. The van der Waals surface area contributed by atoms with Crippen LogP contribution in [0, 0.1) is 23.3 Å². The largest absolute Gasteiger partial charge is 0.534 e. The van der Waals surface area contributed by atoms with Crippen molar-refractivity contribution >= 4 is 50.6 Å². The number of aromatic carboxylic acids is 1. The van der Waals surface area contributed by atoms with Gasteiger partial charge in [-0.1, -0.05) is 19.2 Å². The summed E-state index contributed by atoms with van der Waals surface area (Å²) in [6.07, 6.45) is 0. The molecular formula is C25H12F10O10S2Si. The van der Waals surface area contributed by atoms with Crippen LogP contribution >= 0.6 is 0 Å². The molecule has 0 fully saturated rings. The van der Waals surface area contributed by atoms with Crippen molar-refractivity contribution in [1.82, 2.24) is 0 Å². The average Bonchev–Trinajstić information content (AvgIpc) is 3.22. The third-order valence-corrected chi connectivity index (χ3v) is 12.8. The Labute approximate surface area is 261 Å². The molecule has 48 heavy (non-hydrogen) atoms. The van der Waals surface area contributed by atoms with Gasteiger partial charge < -0.3 is 18.2 Å². The number of esters is 1. The van der Waals surface area contributed by atoms with Gasteiger partial charge in [-0.05, 0) is 34.6 Å². The van der Waals surface area contributed by atoms with Gasteiger partial charge in [-0.25, -0.2) is 27.2 Å². The number of hydrogen-bond donors (Lipinski definition) is 1. The van der Waals surface area contributed by atoms with E-state index >= 15 is 17.6 Å². The maximum Gasteiger partial charge on any atom is 0.534 e. The van der Waals surface area contributed by atoms with Crippen LogP contribution in [0.4, 0.5) is 43.9 Å². The van der Waals surface area contributed by atoms with Gasteiger partial charge in [0.25, 0.3) is 0 Å². The Bertz CT molecular complexity index is 2090. The van der Waals surface area contributed by atoms with E-state index in [1.54, 1.807) is 0 Å². The zero-order chi connectivity index (χ0) is 36.3. The van der Waals surface area contributed by atoms with E-state index in [9.17, 15) is 57.9 Å². The summed E-state index contributed by atoms with van der Waals surface area (Å²) in [6.45, 7) is 1.80. The fourth-order valence-electron chi connectivity index (χ4n) is 5.52. The molecule has 0 aromatic heterocycles. The lowest BCUT2D eigenvalue weighted by atomic mass is 9.78. The maximum atomic E-state index is 16.3. The number of benzene rings is 3. The van der Waals surface area contributed by atoms with Crippen LogP contribution in [0.5, 0.6) is 11.5 Å². The van der Waals surface area contributed by atoms with Gasteiger partial charge in [-0.15, -0.1) is 0 Å². The van der Waals surface area contributed by atoms with Crippen molar-refractivity contribution in [2.24, 2.45) is 0 Å². The second kappa shape index (κ2) is 10.3. The van der Waals surface area contributed by atoms with Crippen LogP contribution in [-0.2, 0) is 30.6 Å². The number of carboxylic acids is 1. The molecule has 0 bridgehead atoms. The summed E-state index contributed by atoms with van der Waals surface area (Å²) < 4.78 is 202. The Kier molecular flexibility index (Phi) is 7.50. The Morgan fingerprint density at radius 2 is 1.19 bits per heavy atom. The standard InChI is InChI=1S/C25H12F10O10S2Si/c1-48(2)19-11(6-13(26)17(15(19)28)44-46(39,40)24(30,31)32)23(10-4-3-8(21(36)37)5-9(10)22(38)43-23)12-7-14(27)18(16(29)20(12)48)45-47(41,42)25(33,34)35/h3-7H,1-2H3,(H,36,37). The first-order valence-corrected chi connectivity index (χ1v) is 18.2. The lowest BCUT2D eigenvalue weighted by Gasteiger charge is -2.44. The lowest BCUT2D eigenvalue weighted by Crippen LogP contribution is -2.65. The molecule has 0 saturated heterocycles. The number of carbonyl (C=O) groups excluding carboxylic acids is 1. The summed E-state index contributed by atoms with van der Waals surface area (Å²) in [5.74, 6) is -16.5. The van der Waals surface area contributed by atoms with Gasteiger partial charge in [0, 0.05) is 16.7 Å². The van der Waals surface area contributed by atoms with Crippen LogP contribution in [0.25, 0.3) is 0 Å². The molecule has 2 aliphatic rings. The number of carbonyl (C=O) groups is 2. The minimum absolute atomic E-state index is 0.124. The Morgan fingerprint density at radius 1 is 0.771 bits per heavy atom. The first-order chi connectivity index (χ1) is 21.7. The van der Waals surface area contributed by atoms with Crippen molar-refractivity contribution < 1.29 is 88.5 Å². The SMILES string of the molecule is C[Si]1(C)c2c(cc(F)c(OS(=O)(=O)C(F)(F)F)c2F)C2(OC(=O)c3cc(C(=O)O)ccc32)c2cc(F)c(OS(=O)(=O)C(F)(F)F)c(F)c21. The monoisotopic (exact) mass is 754 g/mol. The molecule has 0 saturated carbocycles.